The van der Waals surface area contributed by atoms with Gasteiger partial charge >= 0.3 is 0 Å². The molecule has 0 radical (unpaired) electrons. The summed E-state index contributed by atoms with van der Waals surface area (Å²) in [6.07, 6.45) is -2.37. The quantitative estimate of drug-likeness (QED) is 0.672. The van der Waals surface area contributed by atoms with E-state index in [4.69, 9.17) is 5.73 Å². The first-order valence-electron chi connectivity index (χ1n) is 3.72. The summed E-state index contributed by atoms with van der Waals surface area (Å²) in [7, 11) is 0. The van der Waals surface area contributed by atoms with Crippen LogP contribution in [0.3, 0.4) is 0 Å². The molecule has 0 aliphatic rings. The van der Waals surface area contributed by atoms with Crippen molar-refractivity contribution in [1.29, 1.82) is 0 Å². The minimum Gasteiger partial charge on any atom is -0.325 e. The van der Waals surface area contributed by atoms with Crippen LogP contribution in [0.5, 0.6) is 0 Å². The first-order valence-corrected chi connectivity index (χ1v) is 4.52. The van der Waals surface area contributed by atoms with Crippen LogP contribution in [-0.4, -0.2) is 11.3 Å². The molecule has 0 aliphatic carbocycles. The molecule has 0 saturated carbocycles. The molecular weight excluding hydrogens is 258 g/mol. The molecule has 76 valence electrons. The molecule has 6 heteroatoms. The van der Waals surface area contributed by atoms with E-state index in [9.17, 15) is 13.6 Å². The van der Waals surface area contributed by atoms with Crippen LogP contribution >= 0.6 is 15.9 Å². The Morgan fingerprint density at radius 1 is 1.64 bits per heavy atom. The van der Waals surface area contributed by atoms with Crippen molar-refractivity contribution in [2.24, 2.45) is 5.73 Å². The van der Waals surface area contributed by atoms with E-state index < -0.39 is 6.43 Å². The lowest BCUT2D eigenvalue weighted by atomic mass is 10.1. The van der Waals surface area contributed by atoms with E-state index in [-0.39, 0.29) is 23.4 Å². The molecule has 1 aromatic rings. The van der Waals surface area contributed by atoms with Crippen molar-refractivity contribution in [1.82, 2.24) is 4.98 Å². The van der Waals surface area contributed by atoms with E-state index in [0.29, 0.717) is 10.9 Å². The van der Waals surface area contributed by atoms with E-state index in [0.717, 1.165) is 0 Å². The molecule has 1 rings (SSSR count). The summed E-state index contributed by atoms with van der Waals surface area (Å²) in [6.45, 7) is -0.125. The Bertz CT molecular complexity index is 357. The van der Waals surface area contributed by atoms with Crippen molar-refractivity contribution in [2.45, 2.75) is 13.0 Å². The summed E-state index contributed by atoms with van der Waals surface area (Å²) >= 11 is 3.01. The van der Waals surface area contributed by atoms with Crippen LogP contribution in [0.15, 0.2) is 10.7 Å². The highest BCUT2D eigenvalue weighted by Crippen LogP contribution is 2.26. The minimum absolute atomic E-state index is 0.0384. The van der Waals surface area contributed by atoms with Crippen molar-refractivity contribution < 1.29 is 13.6 Å². The Kier molecular flexibility index (Phi) is 3.65. The maximum absolute atomic E-state index is 12.5. The summed E-state index contributed by atoms with van der Waals surface area (Å²) in [4.78, 5) is 14.3. The number of rotatable bonds is 3. The first kappa shape index (κ1) is 11.2. The van der Waals surface area contributed by atoms with Gasteiger partial charge in [0.1, 0.15) is 4.60 Å². The summed E-state index contributed by atoms with van der Waals surface area (Å²) in [5.41, 5.74) is 4.82. The van der Waals surface area contributed by atoms with E-state index in [2.05, 4.69) is 20.9 Å². The van der Waals surface area contributed by atoms with E-state index in [1.807, 2.05) is 0 Å². The Hall–Kier alpha value is -0.880. The third kappa shape index (κ3) is 2.13. The van der Waals surface area contributed by atoms with Gasteiger partial charge in [-0.25, -0.2) is 13.8 Å². The molecule has 0 aliphatic heterocycles. The van der Waals surface area contributed by atoms with Gasteiger partial charge in [0, 0.05) is 12.1 Å². The molecule has 0 spiro atoms. The molecule has 0 bridgehead atoms. The smallest absolute Gasteiger partial charge is 0.266 e. The van der Waals surface area contributed by atoms with Crippen LogP contribution in [0.25, 0.3) is 0 Å². The topological polar surface area (TPSA) is 56.0 Å². The highest BCUT2D eigenvalue weighted by Gasteiger charge is 2.18. The van der Waals surface area contributed by atoms with Crippen molar-refractivity contribution in [3.8, 4) is 0 Å². The van der Waals surface area contributed by atoms with Gasteiger partial charge in [-0.15, -0.1) is 0 Å². The fourth-order valence-corrected chi connectivity index (χ4v) is 1.56. The summed E-state index contributed by atoms with van der Waals surface area (Å²) in [5.74, 6) is 0. The van der Waals surface area contributed by atoms with Crippen LogP contribution in [0, 0.1) is 0 Å². The van der Waals surface area contributed by atoms with Gasteiger partial charge in [-0.1, -0.05) is 0 Å². The number of alkyl halides is 2. The number of nitrogens with zero attached hydrogens (tertiary/aromatic N) is 1. The lowest BCUT2D eigenvalue weighted by molar-refractivity contribution is 0.110. The molecule has 0 unspecified atom stereocenters. The van der Waals surface area contributed by atoms with Crippen molar-refractivity contribution in [2.75, 3.05) is 0 Å². The molecule has 0 aromatic carbocycles. The third-order valence-electron chi connectivity index (χ3n) is 1.68. The average Bonchev–Trinajstić information content (AvgIpc) is 2.15. The monoisotopic (exact) mass is 264 g/mol. The normalized spacial score (nSPS) is 10.6. The average molecular weight is 265 g/mol. The number of carbonyl (C=O) groups is 1. The molecule has 1 heterocycles. The molecule has 0 saturated heterocycles. The van der Waals surface area contributed by atoms with Crippen LogP contribution < -0.4 is 5.73 Å². The van der Waals surface area contributed by atoms with Crippen LogP contribution in [0.1, 0.15) is 28.0 Å². The highest BCUT2D eigenvalue weighted by molar-refractivity contribution is 9.10. The second-order valence-corrected chi connectivity index (χ2v) is 3.33. The Morgan fingerprint density at radius 2 is 2.29 bits per heavy atom. The zero-order valence-corrected chi connectivity index (χ0v) is 8.59. The largest absolute Gasteiger partial charge is 0.325 e. The van der Waals surface area contributed by atoms with Gasteiger partial charge in [0.15, 0.2) is 6.29 Å². The van der Waals surface area contributed by atoms with Gasteiger partial charge < -0.3 is 5.73 Å². The summed E-state index contributed by atoms with van der Waals surface area (Å²) in [6, 6.07) is 1.24. The number of nitrogens with two attached hydrogens (primary N) is 1. The van der Waals surface area contributed by atoms with Crippen LogP contribution in [0.4, 0.5) is 8.78 Å². The number of halogens is 3. The maximum atomic E-state index is 12.5. The number of pyridine rings is 1. The molecule has 2 N–H and O–H groups in total. The lowest BCUT2D eigenvalue weighted by Gasteiger charge is -2.08. The number of carbonyl (C=O) groups excluding carboxylic acids is 1. The predicted molar refractivity (Wildman–Crippen MR) is 50.2 cm³/mol. The molecule has 1 aromatic heterocycles. The van der Waals surface area contributed by atoms with Gasteiger partial charge in [-0.2, -0.15) is 0 Å². The Balaban J connectivity index is 3.40. The molecule has 0 fully saturated rings. The van der Waals surface area contributed by atoms with Crippen LogP contribution in [-0.2, 0) is 6.54 Å². The van der Waals surface area contributed by atoms with Gasteiger partial charge in [-0.05, 0) is 22.0 Å². The SMILES string of the molecule is NCc1nc(Br)cc(C=O)c1C(F)F. The number of aromatic nitrogens is 1. The van der Waals surface area contributed by atoms with Gasteiger partial charge in [-0.3, -0.25) is 4.79 Å². The first-order chi connectivity index (χ1) is 6.60. The Labute approximate surface area is 87.4 Å². The maximum Gasteiger partial charge on any atom is 0.266 e. The summed E-state index contributed by atoms with van der Waals surface area (Å²) < 4.78 is 25.4. The lowest BCUT2D eigenvalue weighted by Crippen LogP contribution is -2.08. The van der Waals surface area contributed by atoms with Crippen LogP contribution in [0.2, 0.25) is 0 Å². The van der Waals surface area contributed by atoms with E-state index in [1.165, 1.54) is 6.07 Å². The second kappa shape index (κ2) is 4.56. The van der Waals surface area contributed by atoms with Gasteiger partial charge in [0.25, 0.3) is 6.43 Å². The Morgan fingerprint density at radius 3 is 2.71 bits per heavy atom. The fourth-order valence-electron chi connectivity index (χ4n) is 1.10. The number of hydrogen-bond acceptors (Lipinski definition) is 3. The minimum atomic E-state index is -2.74. The second-order valence-electron chi connectivity index (χ2n) is 2.52. The van der Waals surface area contributed by atoms with E-state index >= 15 is 0 Å². The molecule has 0 atom stereocenters. The van der Waals surface area contributed by atoms with Gasteiger partial charge in [0.2, 0.25) is 0 Å². The number of hydrogen-bond donors (Lipinski definition) is 1. The zero-order chi connectivity index (χ0) is 10.7. The summed E-state index contributed by atoms with van der Waals surface area (Å²) in [5, 5.41) is 0. The van der Waals surface area contributed by atoms with E-state index in [1.54, 1.807) is 0 Å². The highest BCUT2D eigenvalue weighted by atomic mass is 79.9. The molecule has 3 nitrogen and oxygen atoms in total. The fraction of sp³-hybridized carbons (Fsp3) is 0.250. The molecule has 14 heavy (non-hydrogen) atoms. The van der Waals surface area contributed by atoms with Crippen molar-refractivity contribution in [3.05, 3.63) is 27.5 Å². The van der Waals surface area contributed by atoms with Crippen molar-refractivity contribution >= 4 is 22.2 Å². The third-order valence-corrected chi connectivity index (χ3v) is 2.08. The van der Waals surface area contributed by atoms with Gasteiger partial charge in [0.05, 0.1) is 11.3 Å². The zero-order valence-electron chi connectivity index (χ0n) is 7.01. The number of aldehydes is 1. The molecule has 0 amide bonds. The molecular formula is C8H7BrF2N2O. The van der Waals surface area contributed by atoms with Crippen molar-refractivity contribution in [3.63, 3.8) is 0 Å². The predicted octanol–water partition coefficient (Wildman–Crippen LogP) is 2.05. The standard InChI is InChI=1S/C8H7BrF2N2O/c9-6-1-4(3-14)7(8(10)11)5(2-12)13-6/h1,3,8H,2,12H2.